The van der Waals surface area contributed by atoms with E-state index in [-0.39, 0.29) is 17.6 Å². The molecule has 0 aromatic carbocycles. The number of carbonyl (C=O) groups is 1. The highest BCUT2D eigenvalue weighted by atomic mass is 19.3. The van der Waals surface area contributed by atoms with Crippen LogP contribution in [0.4, 0.5) is 8.78 Å². The fourth-order valence-corrected chi connectivity index (χ4v) is 2.05. The molecule has 1 fully saturated rings. The van der Waals surface area contributed by atoms with E-state index in [9.17, 15) is 13.6 Å². The summed E-state index contributed by atoms with van der Waals surface area (Å²) in [5.41, 5.74) is -0.107. The lowest BCUT2D eigenvalue weighted by Gasteiger charge is -2.29. The predicted molar refractivity (Wildman–Crippen MR) is 68.8 cm³/mol. The third-order valence-corrected chi connectivity index (χ3v) is 3.16. The van der Waals surface area contributed by atoms with E-state index in [2.05, 4.69) is 4.98 Å². The Morgan fingerprint density at radius 1 is 1.45 bits per heavy atom. The van der Waals surface area contributed by atoms with Crippen LogP contribution in [0.3, 0.4) is 0 Å². The number of carbonyl (C=O) groups excluding carboxylic acids is 1. The third-order valence-electron chi connectivity index (χ3n) is 3.16. The number of nitrogens with zero attached hydrogens (tertiary/aromatic N) is 2. The molecule has 1 atom stereocenters. The summed E-state index contributed by atoms with van der Waals surface area (Å²) in [6.45, 7) is 5.87. The molecule has 6 heteroatoms. The van der Waals surface area contributed by atoms with Gasteiger partial charge in [0.25, 0.3) is 12.3 Å². The van der Waals surface area contributed by atoms with E-state index in [0.717, 1.165) is 0 Å². The molecule has 0 unspecified atom stereocenters. The van der Waals surface area contributed by atoms with Gasteiger partial charge in [0, 0.05) is 18.0 Å². The number of alkyl halides is 2. The van der Waals surface area contributed by atoms with Crippen LogP contribution in [0.15, 0.2) is 18.3 Å². The van der Waals surface area contributed by atoms with Crippen LogP contribution >= 0.6 is 0 Å². The molecule has 0 spiro atoms. The van der Waals surface area contributed by atoms with E-state index in [1.165, 1.54) is 17.3 Å². The Kier molecular flexibility index (Phi) is 4.04. The van der Waals surface area contributed by atoms with Crippen molar-refractivity contribution >= 4 is 5.91 Å². The van der Waals surface area contributed by atoms with Crippen molar-refractivity contribution in [3.63, 3.8) is 0 Å². The highest BCUT2D eigenvalue weighted by Crippen LogP contribution is 2.34. The summed E-state index contributed by atoms with van der Waals surface area (Å²) in [5, 5.41) is 1.35. The molecule has 0 radical (unpaired) electrons. The van der Waals surface area contributed by atoms with Crippen molar-refractivity contribution in [2.24, 2.45) is 5.41 Å². The van der Waals surface area contributed by atoms with Gasteiger partial charge >= 0.3 is 0 Å². The minimum atomic E-state index is -2.59. The van der Waals surface area contributed by atoms with Crippen molar-refractivity contribution in [1.82, 2.24) is 10.0 Å². The molecule has 0 saturated carbocycles. The number of rotatable bonds is 2. The summed E-state index contributed by atoms with van der Waals surface area (Å²) in [6.07, 6.45) is -0.558. The minimum Gasteiger partial charge on any atom is -0.272 e. The van der Waals surface area contributed by atoms with Crippen LogP contribution in [0.2, 0.25) is 0 Å². The van der Waals surface area contributed by atoms with E-state index in [1.807, 2.05) is 20.8 Å². The molecule has 1 amide bonds. The Balaban J connectivity index is 2.21. The molecular weight excluding hydrogens is 266 g/mol. The number of hydrogen-bond donors (Lipinski definition) is 0. The maximum atomic E-state index is 12.5. The van der Waals surface area contributed by atoms with E-state index >= 15 is 0 Å². The number of pyridine rings is 1. The molecule has 0 bridgehead atoms. The van der Waals surface area contributed by atoms with Gasteiger partial charge in [-0.15, -0.1) is 0 Å². The van der Waals surface area contributed by atoms with Gasteiger partial charge in [-0.2, -0.15) is 0 Å². The SMILES string of the molecule is CC(C)(C)C(=O)N1OCC[C@H]1c1ccc(C(F)F)nc1. The fraction of sp³-hybridized carbons (Fsp3) is 0.571. The Morgan fingerprint density at radius 3 is 2.65 bits per heavy atom. The smallest absolute Gasteiger partial charge is 0.272 e. The van der Waals surface area contributed by atoms with Crippen LogP contribution < -0.4 is 0 Å². The summed E-state index contributed by atoms with van der Waals surface area (Å²) >= 11 is 0. The molecule has 1 aromatic heterocycles. The van der Waals surface area contributed by atoms with Crippen molar-refractivity contribution in [3.8, 4) is 0 Å². The van der Waals surface area contributed by atoms with Crippen molar-refractivity contribution in [2.75, 3.05) is 6.61 Å². The lowest BCUT2D eigenvalue weighted by molar-refractivity contribution is -0.186. The average Bonchev–Trinajstić information content (AvgIpc) is 2.85. The highest BCUT2D eigenvalue weighted by molar-refractivity contribution is 5.81. The van der Waals surface area contributed by atoms with Crippen LogP contribution in [0.1, 0.15) is 50.9 Å². The standard InChI is InChI=1S/C14H18F2N2O2/c1-14(2,3)13(19)18-11(6-7-20-18)9-4-5-10(12(15)16)17-8-9/h4-5,8,11-12H,6-7H2,1-3H3/t11-/m0/s1. The first-order chi connectivity index (χ1) is 9.30. The van der Waals surface area contributed by atoms with Gasteiger partial charge < -0.3 is 0 Å². The molecular formula is C14H18F2N2O2. The Bertz CT molecular complexity index is 483. The predicted octanol–water partition coefficient (Wildman–Crippen LogP) is 3.27. The maximum Gasteiger partial charge on any atom is 0.280 e. The zero-order chi connectivity index (χ0) is 14.9. The van der Waals surface area contributed by atoms with Crippen LogP contribution in [-0.4, -0.2) is 22.6 Å². The number of amides is 1. The second kappa shape index (κ2) is 5.44. The van der Waals surface area contributed by atoms with E-state index in [0.29, 0.717) is 18.6 Å². The van der Waals surface area contributed by atoms with Crippen LogP contribution in [0.5, 0.6) is 0 Å². The molecule has 1 aliphatic heterocycles. The topological polar surface area (TPSA) is 42.4 Å². The lowest BCUT2D eigenvalue weighted by Crippen LogP contribution is -2.38. The van der Waals surface area contributed by atoms with Gasteiger partial charge in [0.1, 0.15) is 5.69 Å². The van der Waals surface area contributed by atoms with Crippen LogP contribution in [0.25, 0.3) is 0 Å². The summed E-state index contributed by atoms with van der Waals surface area (Å²) in [5.74, 6) is -0.127. The first-order valence-corrected chi connectivity index (χ1v) is 6.51. The average molecular weight is 284 g/mol. The first-order valence-electron chi connectivity index (χ1n) is 6.51. The maximum absolute atomic E-state index is 12.5. The van der Waals surface area contributed by atoms with Crippen LogP contribution in [0, 0.1) is 5.41 Å². The quantitative estimate of drug-likeness (QED) is 0.837. The van der Waals surface area contributed by atoms with Crippen molar-refractivity contribution in [1.29, 1.82) is 0 Å². The van der Waals surface area contributed by atoms with E-state index < -0.39 is 11.8 Å². The Labute approximate surface area is 116 Å². The molecule has 1 aliphatic rings. The monoisotopic (exact) mass is 284 g/mol. The molecule has 20 heavy (non-hydrogen) atoms. The molecule has 1 saturated heterocycles. The number of halogens is 2. The van der Waals surface area contributed by atoms with Gasteiger partial charge in [0.2, 0.25) is 0 Å². The number of hydrogen-bond acceptors (Lipinski definition) is 3. The molecule has 0 N–H and O–H groups in total. The number of aromatic nitrogens is 1. The lowest BCUT2D eigenvalue weighted by atomic mass is 9.94. The fourth-order valence-electron chi connectivity index (χ4n) is 2.05. The molecule has 110 valence electrons. The van der Waals surface area contributed by atoms with E-state index in [1.54, 1.807) is 6.07 Å². The van der Waals surface area contributed by atoms with Crippen LogP contribution in [-0.2, 0) is 9.63 Å². The molecule has 2 heterocycles. The van der Waals surface area contributed by atoms with Crippen molar-refractivity contribution < 1.29 is 18.4 Å². The highest BCUT2D eigenvalue weighted by Gasteiger charge is 2.37. The van der Waals surface area contributed by atoms with Gasteiger partial charge in [-0.05, 0) is 11.6 Å². The Hall–Kier alpha value is -1.56. The molecule has 1 aromatic rings. The van der Waals surface area contributed by atoms with Gasteiger partial charge in [0.05, 0.1) is 12.6 Å². The zero-order valence-electron chi connectivity index (χ0n) is 11.8. The minimum absolute atomic E-state index is 0.127. The third kappa shape index (κ3) is 2.95. The zero-order valence-corrected chi connectivity index (χ0v) is 11.8. The molecule has 2 rings (SSSR count). The van der Waals surface area contributed by atoms with Gasteiger partial charge in [-0.25, -0.2) is 13.8 Å². The van der Waals surface area contributed by atoms with Gasteiger partial charge in [-0.3, -0.25) is 14.6 Å². The summed E-state index contributed by atoms with van der Waals surface area (Å²) < 4.78 is 25.0. The normalized spacial score (nSPS) is 19.7. The van der Waals surface area contributed by atoms with Crippen molar-refractivity contribution in [3.05, 3.63) is 29.6 Å². The Morgan fingerprint density at radius 2 is 2.15 bits per heavy atom. The largest absolute Gasteiger partial charge is 0.280 e. The summed E-state index contributed by atoms with van der Waals surface area (Å²) in [6, 6.07) is 2.61. The molecule has 0 aliphatic carbocycles. The van der Waals surface area contributed by atoms with Gasteiger partial charge in [0.15, 0.2) is 0 Å². The summed E-state index contributed by atoms with van der Waals surface area (Å²) in [4.78, 5) is 21.4. The second-order valence-corrected chi connectivity index (χ2v) is 5.84. The summed E-state index contributed by atoms with van der Waals surface area (Å²) in [7, 11) is 0. The van der Waals surface area contributed by atoms with E-state index in [4.69, 9.17) is 4.84 Å². The molecule has 4 nitrogen and oxygen atoms in total. The first kappa shape index (κ1) is 14.8. The second-order valence-electron chi connectivity index (χ2n) is 5.84. The van der Waals surface area contributed by atoms with Crippen molar-refractivity contribution in [2.45, 2.75) is 39.7 Å². The number of hydroxylamine groups is 2. The van der Waals surface area contributed by atoms with Gasteiger partial charge in [-0.1, -0.05) is 26.8 Å².